The fourth-order valence-corrected chi connectivity index (χ4v) is 3.05. The maximum atomic E-state index is 12.3. The zero-order valence-electron chi connectivity index (χ0n) is 9.68. The van der Waals surface area contributed by atoms with Crippen LogP contribution in [0.5, 0.6) is 0 Å². The molecule has 3 N–H and O–H groups in total. The van der Waals surface area contributed by atoms with Crippen LogP contribution in [0.15, 0.2) is 0 Å². The van der Waals surface area contributed by atoms with Crippen LogP contribution in [0.4, 0.5) is 9.80 Å². The molecule has 0 atom stereocenters. The Hall–Kier alpha value is -1.70. The highest BCUT2D eigenvalue weighted by molar-refractivity contribution is 7.09. The summed E-state index contributed by atoms with van der Waals surface area (Å²) < 4.78 is 3.70. The Labute approximate surface area is 108 Å². The van der Waals surface area contributed by atoms with E-state index >= 15 is 0 Å². The molecule has 3 amide bonds. The number of imide groups is 1. The molecule has 2 aliphatic rings. The highest BCUT2D eigenvalue weighted by atomic mass is 32.1. The molecular formula is C10H13N5O2S. The molecule has 0 bridgehead atoms. The third kappa shape index (κ3) is 1.56. The van der Waals surface area contributed by atoms with Gasteiger partial charge in [-0.25, -0.2) is 4.79 Å². The summed E-state index contributed by atoms with van der Waals surface area (Å²) in [4.78, 5) is 25.4. The molecule has 0 radical (unpaired) electrons. The van der Waals surface area contributed by atoms with Crippen LogP contribution in [0.3, 0.4) is 0 Å². The van der Waals surface area contributed by atoms with Gasteiger partial charge in [0.2, 0.25) is 0 Å². The second-order valence-electron chi connectivity index (χ2n) is 4.69. The van der Waals surface area contributed by atoms with Crippen molar-refractivity contribution in [2.24, 2.45) is 0 Å². The van der Waals surface area contributed by atoms with Crippen LogP contribution in [0.2, 0.25) is 0 Å². The number of nitrogens with one attached hydrogen (secondary N) is 1. The van der Waals surface area contributed by atoms with Gasteiger partial charge >= 0.3 is 6.03 Å². The van der Waals surface area contributed by atoms with Crippen molar-refractivity contribution in [2.75, 3.05) is 5.73 Å². The Morgan fingerprint density at radius 2 is 2.11 bits per heavy atom. The van der Waals surface area contributed by atoms with E-state index in [4.69, 9.17) is 5.73 Å². The number of carbonyl (C=O) groups excluding carboxylic acids is 2. The van der Waals surface area contributed by atoms with E-state index in [0.717, 1.165) is 37.2 Å². The van der Waals surface area contributed by atoms with Crippen molar-refractivity contribution >= 4 is 28.5 Å². The standard InChI is InChI=1S/C10H13N5O2S/c11-7-6(13-14-18-7)5-15-8(16)10(12-9(15)17)3-1-2-4-10/h1-5,11H2,(H,12,17). The van der Waals surface area contributed by atoms with Gasteiger partial charge in [-0.1, -0.05) is 17.3 Å². The summed E-state index contributed by atoms with van der Waals surface area (Å²) in [5.41, 5.74) is 5.49. The third-order valence-electron chi connectivity index (χ3n) is 3.60. The molecule has 1 spiro atoms. The van der Waals surface area contributed by atoms with Gasteiger partial charge in [-0.3, -0.25) is 9.69 Å². The first-order chi connectivity index (χ1) is 8.62. The van der Waals surface area contributed by atoms with Crippen molar-refractivity contribution in [3.05, 3.63) is 5.69 Å². The first-order valence-electron chi connectivity index (χ1n) is 5.83. The number of aromatic nitrogens is 2. The highest BCUT2D eigenvalue weighted by Crippen LogP contribution is 2.35. The van der Waals surface area contributed by atoms with Crippen LogP contribution in [-0.2, 0) is 11.3 Å². The molecular weight excluding hydrogens is 254 g/mol. The van der Waals surface area contributed by atoms with Crippen LogP contribution >= 0.6 is 11.5 Å². The van der Waals surface area contributed by atoms with Gasteiger partial charge in [0.1, 0.15) is 16.2 Å². The van der Waals surface area contributed by atoms with Crippen LogP contribution in [0, 0.1) is 0 Å². The summed E-state index contributed by atoms with van der Waals surface area (Å²) in [6.07, 6.45) is 3.39. The molecule has 1 aliphatic heterocycles. The molecule has 2 fully saturated rings. The average Bonchev–Trinajstić information content (AvgIpc) is 3.00. The Kier molecular flexibility index (Phi) is 2.47. The fourth-order valence-electron chi connectivity index (χ4n) is 2.61. The summed E-state index contributed by atoms with van der Waals surface area (Å²) >= 11 is 1.06. The van der Waals surface area contributed by atoms with Gasteiger partial charge in [0, 0.05) is 11.5 Å². The van der Waals surface area contributed by atoms with Crippen LogP contribution in [0.25, 0.3) is 0 Å². The van der Waals surface area contributed by atoms with Gasteiger partial charge in [-0.05, 0) is 12.8 Å². The maximum Gasteiger partial charge on any atom is 0.325 e. The molecule has 7 nitrogen and oxygen atoms in total. The van der Waals surface area contributed by atoms with E-state index in [1.165, 1.54) is 4.90 Å². The predicted molar refractivity (Wildman–Crippen MR) is 64.6 cm³/mol. The van der Waals surface area contributed by atoms with E-state index in [9.17, 15) is 9.59 Å². The lowest BCUT2D eigenvalue weighted by Gasteiger charge is -2.19. The van der Waals surface area contributed by atoms with E-state index in [0.29, 0.717) is 10.7 Å². The maximum absolute atomic E-state index is 12.3. The van der Waals surface area contributed by atoms with Gasteiger partial charge in [0.05, 0.1) is 6.54 Å². The van der Waals surface area contributed by atoms with Gasteiger partial charge in [-0.2, -0.15) is 0 Å². The van der Waals surface area contributed by atoms with Crippen molar-refractivity contribution in [3.8, 4) is 0 Å². The van der Waals surface area contributed by atoms with E-state index in [1.54, 1.807) is 0 Å². The molecule has 96 valence electrons. The first-order valence-corrected chi connectivity index (χ1v) is 6.60. The lowest BCUT2D eigenvalue weighted by Crippen LogP contribution is -2.44. The highest BCUT2D eigenvalue weighted by Gasteiger charge is 2.52. The number of nitrogen functional groups attached to an aromatic ring is 1. The Balaban J connectivity index is 1.83. The fraction of sp³-hybridized carbons (Fsp3) is 0.600. The number of nitrogens with two attached hydrogens (primary N) is 1. The minimum atomic E-state index is -0.671. The number of nitrogens with zero attached hydrogens (tertiary/aromatic N) is 3. The number of amides is 3. The van der Waals surface area contributed by atoms with Crippen LogP contribution in [0.1, 0.15) is 31.4 Å². The number of hydrogen-bond acceptors (Lipinski definition) is 6. The SMILES string of the molecule is Nc1snnc1CN1C(=O)NC2(CCCC2)C1=O. The van der Waals surface area contributed by atoms with Crippen LogP contribution < -0.4 is 11.1 Å². The molecule has 18 heavy (non-hydrogen) atoms. The number of urea groups is 1. The zero-order chi connectivity index (χ0) is 12.8. The molecule has 1 saturated carbocycles. The second kappa shape index (κ2) is 3.91. The van der Waals surface area contributed by atoms with E-state index in [1.807, 2.05) is 0 Å². The molecule has 1 aliphatic carbocycles. The lowest BCUT2D eigenvalue weighted by molar-refractivity contribution is -0.131. The van der Waals surface area contributed by atoms with Crippen molar-refractivity contribution in [2.45, 2.75) is 37.8 Å². The molecule has 8 heteroatoms. The van der Waals surface area contributed by atoms with Gasteiger partial charge in [0.25, 0.3) is 5.91 Å². The monoisotopic (exact) mass is 267 g/mol. The number of hydrogen-bond donors (Lipinski definition) is 2. The summed E-state index contributed by atoms with van der Waals surface area (Å²) in [7, 11) is 0. The molecule has 1 aromatic rings. The summed E-state index contributed by atoms with van der Waals surface area (Å²) in [5, 5.41) is 7.09. The second-order valence-corrected chi connectivity index (χ2v) is 5.48. The van der Waals surface area contributed by atoms with E-state index < -0.39 is 5.54 Å². The predicted octanol–water partition coefficient (Wildman–Crippen LogP) is 0.485. The van der Waals surface area contributed by atoms with Crippen molar-refractivity contribution < 1.29 is 9.59 Å². The zero-order valence-corrected chi connectivity index (χ0v) is 10.5. The number of anilines is 1. The Morgan fingerprint density at radius 3 is 2.72 bits per heavy atom. The summed E-state index contributed by atoms with van der Waals surface area (Å²) in [6.45, 7) is 0.106. The van der Waals surface area contributed by atoms with E-state index in [-0.39, 0.29) is 18.5 Å². The quantitative estimate of drug-likeness (QED) is 0.759. The van der Waals surface area contributed by atoms with Gasteiger partial charge < -0.3 is 11.1 Å². The molecule has 0 unspecified atom stereocenters. The Bertz CT molecular complexity index is 508. The first kappa shape index (κ1) is 11.4. The smallest absolute Gasteiger partial charge is 0.325 e. The normalized spacial score (nSPS) is 21.9. The average molecular weight is 267 g/mol. The largest absolute Gasteiger partial charge is 0.388 e. The molecule has 0 aromatic carbocycles. The van der Waals surface area contributed by atoms with Crippen LogP contribution in [-0.4, -0.2) is 32.0 Å². The molecule has 3 rings (SSSR count). The van der Waals surface area contributed by atoms with Crippen molar-refractivity contribution in [3.63, 3.8) is 0 Å². The minimum absolute atomic E-state index is 0.106. The Morgan fingerprint density at radius 1 is 1.39 bits per heavy atom. The summed E-state index contributed by atoms with van der Waals surface area (Å²) in [5.74, 6) is -0.155. The van der Waals surface area contributed by atoms with E-state index in [2.05, 4.69) is 14.9 Å². The molecule has 2 heterocycles. The van der Waals surface area contributed by atoms with Gasteiger partial charge in [0.15, 0.2) is 0 Å². The lowest BCUT2D eigenvalue weighted by atomic mass is 9.98. The number of carbonyl (C=O) groups is 2. The van der Waals surface area contributed by atoms with Crippen molar-refractivity contribution in [1.82, 2.24) is 19.8 Å². The minimum Gasteiger partial charge on any atom is -0.388 e. The van der Waals surface area contributed by atoms with Gasteiger partial charge in [-0.15, -0.1) is 5.10 Å². The summed E-state index contributed by atoms with van der Waals surface area (Å²) in [6, 6.07) is -0.352. The molecule has 1 saturated heterocycles. The molecule has 1 aromatic heterocycles. The van der Waals surface area contributed by atoms with Crippen molar-refractivity contribution in [1.29, 1.82) is 0 Å². The number of rotatable bonds is 2. The third-order valence-corrected chi connectivity index (χ3v) is 4.19. The topological polar surface area (TPSA) is 101 Å².